The maximum Gasteiger partial charge on any atom is 0.237 e. The third kappa shape index (κ3) is 28.3. The van der Waals surface area contributed by atoms with Gasteiger partial charge in [0.25, 0.3) is 0 Å². The summed E-state index contributed by atoms with van der Waals surface area (Å²) in [6.07, 6.45) is 36.9. The van der Waals surface area contributed by atoms with Gasteiger partial charge in [-0.2, -0.15) is 0 Å². The van der Waals surface area contributed by atoms with Crippen LogP contribution in [0.2, 0.25) is 0 Å². The minimum Gasteiger partial charge on any atom is -0.399 e. The van der Waals surface area contributed by atoms with E-state index in [0.717, 1.165) is 70.8 Å². The number of hydrogen-bond acceptors (Lipinski definition) is 8. The summed E-state index contributed by atoms with van der Waals surface area (Å²) in [5.74, 6) is 6.03. The number of allylic oxidation sites excluding steroid dienone is 2. The molecule has 1 rings (SSSR count). The van der Waals surface area contributed by atoms with Crippen molar-refractivity contribution in [1.82, 2.24) is 21.0 Å². The zero-order chi connectivity index (χ0) is 39.5. The van der Waals surface area contributed by atoms with Crippen molar-refractivity contribution in [2.24, 2.45) is 11.6 Å². The highest BCUT2D eigenvalue weighted by molar-refractivity contribution is 5.82. The highest BCUT2D eigenvalue weighted by Gasteiger charge is 2.28. The van der Waals surface area contributed by atoms with Crippen LogP contribution in [0.25, 0.3) is 0 Å². The van der Waals surface area contributed by atoms with E-state index in [1.807, 2.05) is 0 Å². The molecule has 316 valence electrons. The van der Waals surface area contributed by atoms with Crippen molar-refractivity contribution in [3.63, 3.8) is 0 Å². The molecule has 0 aromatic heterocycles. The number of carbonyl (C=O) groups excluding carboxylic acids is 2. The topological polar surface area (TPSA) is 166 Å². The summed E-state index contributed by atoms with van der Waals surface area (Å²) in [6, 6.07) is -0.978. The normalized spacial score (nSPS) is 16.5. The molecule has 1 saturated heterocycles. The number of amides is 2. The number of nitrogens with one attached hydrogen (secondary N) is 3. The Morgan fingerprint density at radius 1 is 0.759 bits per heavy atom. The van der Waals surface area contributed by atoms with E-state index in [9.17, 15) is 19.8 Å². The van der Waals surface area contributed by atoms with E-state index in [4.69, 9.17) is 11.6 Å². The third-order valence-electron chi connectivity index (χ3n) is 10.8. The van der Waals surface area contributed by atoms with Crippen LogP contribution in [0.3, 0.4) is 0 Å². The molecule has 0 radical (unpaired) electrons. The van der Waals surface area contributed by atoms with Gasteiger partial charge >= 0.3 is 0 Å². The Hall–Kier alpha value is -2.14. The maximum atomic E-state index is 13.0. The van der Waals surface area contributed by atoms with Crippen molar-refractivity contribution in [3.8, 4) is 0 Å². The van der Waals surface area contributed by atoms with Crippen LogP contribution in [-0.2, 0) is 9.59 Å². The van der Waals surface area contributed by atoms with E-state index >= 15 is 0 Å². The van der Waals surface area contributed by atoms with Crippen LogP contribution in [0.1, 0.15) is 200 Å². The van der Waals surface area contributed by atoms with Gasteiger partial charge in [0, 0.05) is 18.3 Å². The first kappa shape index (κ1) is 49.9. The molecule has 54 heavy (non-hydrogen) atoms. The van der Waals surface area contributed by atoms with Gasteiger partial charge in [-0.15, -0.1) is 0 Å². The van der Waals surface area contributed by atoms with Gasteiger partial charge in [-0.05, 0) is 57.9 Å². The molecule has 0 aromatic carbocycles. The number of nitrogens with two attached hydrogens (primary N) is 2. The number of hydrazine groups is 1. The number of aliphatic hydroxyl groups is 2. The zero-order valence-corrected chi connectivity index (χ0v) is 35.0. The fraction of sp³-hybridized carbons (Fsp3) is 0.864. The molecule has 10 heteroatoms. The Morgan fingerprint density at radius 3 is 1.78 bits per heavy atom. The first-order chi connectivity index (χ1) is 26.3. The van der Waals surface area contributed by atoms with E-state index in [2.05, 4.69) is 41.9 Å². The van der Waals surface area contributed by atoms with Crippen LogP contribution in [0.15, 0.2) is 24.0 Å². The molecule has 1 unspecified atom stereocenters. The largest absolute Gasteiger partial charge is 0.399 e. The summed E-state index contributed by atoms with van der Waals surface area (Å²) >= 11 is 0. The van der Waals surface area contributed by atoms with Gasteiger partial charge in [-0.1, -0.05) is 154 Å². The number of aliphatic hydroxyl groups excluding tert-OH is 2. The van der Waals surface area contributed by atoms with Crippen LogP contribution in [0, 0.1) is 0 Å². The lowest BCUT2D eigenvalue weighted by molar-refractivity contribution is -0.124. The highest BCUT2D eigenvalue weighted by Crippen LogP contribution is 2.16. The van der Waals surface area contributed by atoms with Gasteiger partial charge in [-0.25, -0.2) is 5.84 Å². The summed E-state index contributed by atoms with van der Waals surface area (Å²) in [7, 11) is 0. The molecule has 2 amide bonds. The molecule has 0 saturated carbocycles. The van der Waals surface area contributed by atoms with Gasteiger partial charge in [0.15, 0.2) is 0 Å². The number of rotatable bonds is 37. The fourth-order valence-electron chi connectivity index (χ4n) is 7.27. The second-order valence-corrected chi connectivity index (χ2v) is 16.0. The molecular formula is C44H86N6O4. The van der Waals surface area contributed by atoms with Crippen molar-refractivity contribution in [2.75, 3.05) is 19.6 Å². The van der Waals surface area contributed by atoms with Crippen molar-refractivity contribution >= 4 is 11.8 Å². The van der Waals surface area contributed by atoms with Gasteiger partial charge in [0.05, 0.1) is 31.3 Å². The molecule has 0 aromatic rings. The van der Waals surface area contributed by atoms with E-state index in [1.165, 1.54) is 120 Å². The second kappa shape index (κ2) is 35.3. The van der Waals surface area contributed by atoms with E-state index in [0.29, 0.717) is 18.5 Å². The Bertz CT molecular complexity index is 957. The minimum absolute atomic E-state index is 0.0631. The summed E-state index contributed by atoms with van der Waals surface area (Å²) in [5, 5.41) is 32.5. The predicted molar refractivity (Wildman–Crippen MR) is 226 cm³/mol. The zero-order valence-electron chi connectivity index (χ0n) is 35.0. The molecule has 10 nitrogen and oxygen atoms in total. The number of unbranched alkanes of at least 4 members (excludes halogenated alkanes) is 22. The van der Waals surface area contributed by atoms with Crippen LogP contribution in [0.4, 0.5) is 0 Å². The Morgan fingerprint density at radius 2 is 1.26 bits per heavy atom. The van der Waals surface area contributed by atoms with Gasteiger partial charge in [-0.3, -0.25) is 9.59 Å². The molecule has 0 bridgehead atoms. The molecule has 9 N–H and O–H groups in total. The first-order valence-electron chi connectivity index (χ1n) is 22.6. The second-order valence-electron chi connectivity index (χ2n) is 16.0. The maximum absolute atomic E-state index is 13.0. The first-order valence-corrected chi connectivity index (χ1v) is 22.6. The van der Waals surface area contributed by atoms with Gasteiger partial charge in [0.1, 0.15) is 6.10 Å². The van der Waals surface area contributed by atoms with Crippen molar-refractivity contribution in [3.05, 3.63) is 24.0 Å². The summed E-state index contributed by atoms with van der Waals surface area (Å²) in [5.41, 5.74) is 6.52. The molecule has 4 atom stereocenters. The van der Waals surface area contributed by atoms with Crippen LogP contribution < -0.4 is 27.5 Å². The summed E-state index contributed by atoms with van der Waals surface area (Å²) < 4.78 is 0. The molecule has 1 fully saturated rings. The average molecular weight is 763 g/mol. The molecule has 0 aliphatic carbocycles. The van der Waals surface area contributed by atoms with Crippen molar-refractivity contribution in [2.45, 2.75) is 224 Å². The Kier molecular flexibility index (Phi) is 32.6. The molecule has 1 aliphatic heterocycles. The monoisotopic (exact) mass is 763 g/mol. The van der Waals surface area contributed by atoms with Gasteiger partial charge in [0.2, 0.25) is 11.8 Å². The lowest BCUT2D eigenvalue weighted by Gasteiger charge is -2.30. The van der Waals surface area contributed by atoms with Gasteiger partial charge < -0.3 is 36.9 Å². The molecule has 0 spiro atoms. The van der Waals surface area contributed by atoms with E-state index in [-0.39, 0.29) is 30.9 Å². The predicted octanol–water partition coefficient (Wildman–Crippen LogP) is 8.17. The number of carbonyl (C=O) groups is 2. The Balaban J connectivity index is 2.46. The van der Waals surface area contributed by atoms with Crippen molar-refractivity contribution < 1.29 is 19.8 Å². The van der Waals surface area contributed by atoms with E-state index in [1.54, 1.807) is 0 Å². The Labute approximate surface area is 331 Å². The lowest BCUT2D eigenvalue weighted by Crippen LogP contribution is -2.54. The minimum atomic E-state index is -1.18. The van der Waals surface area contributed by atoms with Crippen LogP contribution in [0.5, 0.6) is 0 Å². The third-order valence-corrected chi connectivity index (χ3v) is 10.8. The summed E-state index contributed by atoms with van der Waals surface area (Å²) in [6.45, 7) is 5.54. The van der Waals surface area contributed by atoms with E-state index < -0.39 is 18.2 Å². The molecular weight excluding hydrogens is 677 g/mol. The SMILES string of the molecule is CCCCCCCC/C=C\CCCCCCCC(=O)N[C@@H](CN(N)/C=C(\N)CNC(=O)C1CCCN1)[C@H](O)[C@H](O)CCCCCCCCCCCCCC. The fourth-order valence-corrected chi connectivity index (χ4v) is 7.27. The highest BCUT2D eigenvalue weighted by atomic mass is 16.3. The van der Waals surface area contributed by atoms with Crippen molar-refractivity contribution in [1.29, 1.82) is 0 Å². The van der Waals surface area contributed by atoms with Crippen LogP contribution >= 0.6 is 0 Å². The number of hydrogen-bond donors (Lipinski definition) is 7. The molecule has 1 aliphatic rings. The average Bonchev–Trinajstić information content (AvgIpc) is 3.71. The van der Waals surface area contributed by atoms with Crippen LogP contribution in [-0.4, -0.2) is 71.0 Å². The smallest absolute Gasteiger partial charge is 0.237 e. The number of nitrogens with zero attached hydrogens (tertiary/aromatic N) is 1. The quantitative estimate of drug-likeness (QED) is 0.0144. The lowest BCUT2D eigenvalue weighted by atomic mass is 9.98. The standard InChI is InChI=1S/C44H86N6O4/c1-3-5-7-9-11-13-15-17-18-19-21-23-25-27-29-33-42(52)49-40(37-50(46)36-38(45)35-48-44(54)39-31-30-34-47-39)43(53)41(51)32-28-26-24-22-20-16-14-12-10-8-6-4-2/h17-18,36,39-41,43,47,51,53H,3-16,19-35,37,45-46H2,1-2H3,(H,48,54)(H,49,52)/b18-17-,38-36-/t39?,40-,41+,43-/m0/s1. The summed E-state index contributed by atoms with van der Waals surface area (Å²) in [4.78, 5) is 25.4. The molecule has 1 heterocycles.